The fourth-order valence-corrected chi connectivity index (χ4v) is 2.15. The molecule has 1 amide bonds. The van der Waals surface area contributed by atoms with Crippen molar-refractivity contribution in [2.45, 2.75) is 20.0 Å². The minimum atomic E-state index is -0.360. The summed E-state index contributed by atoms with van der Waals surface area (Å²) in [6, 6.07) is 12.6. The molecule has 0 bridgehead atoms. The lowest BCUT2D eigenvalue weighted by molar-refractivity contribution is 0.0950. The zero-order valence-electron chi connectivity index (χ0n) is 13.2. The highest BCUT2D eigenvalue weighted by atomic mass is 19.1. The van der Waals surface area contributed by atoms with E-state index in [4.69, 9.17) is 0 Å². The molecule has 116 valence electrons. The van der Waals surface area contributed by atoms with E-state index in [0.29, 0.717) is 17.7 Å². The summed E-state index contributed by atoms with van der Waals surface area (Å²) in [6.45, 7) is 2.98. The molecule has 3 nitrogen and oxygen atoms in total. The molecule has 0 spiro atoms. The van der Waals surface area contributed by atoms with Crippen molar-refractivity contribution in [1.29, 1.82) is 0 Å². The van der Waals surface area contributed by atoms with E-state index in [9.17, 15) is 9.18 Å². The van der Waals surface area contributed by atoms with Gasteiger partial charge in [0, 0.05) is 18.7 Å². The molecule has 2 aromatic carbocycles. The average Bonchev–Trinajstić information content (AvgIpc) is 2.48. The minimum absolute atomic E-state index is 0.267. The molecule has 0 radical (unpaired) electrons. The first-order valence-corrected chi connectivity index (χ1v) is 7.22. The van der Waals surface area contributed by atoms with Crippen LogP contribution in [0.5, 0.6) is 0 Å². The third kappa shape index (κ3) is 4.40. The van der Waals surface area contributed by atoms with E-state index in [1.165, 1.54) is 11.6 Å². The first-order valence-electron chi connectivity index (χ1n) is 7.22. The molecule has 2 rings (SSSR count). The number of hydrogen-bond acceptors (Lipinski definition) is 2. The molecular weight excluding hydrogens is 279 g/mol. The third-order valence-electron chi connectivity index (χ3n) is 3.41. The molecule has 0 aliphatic rings. The number of halogens is 1. The molecule has 0 heterocycles. The van der Waals surface area contributed by atoms with Crippen molar-refractivity contribution < 1.29 is 9.18 Å². The van der Waals surface area contributed by atoms with Crippen LogP contribution in [0.2, 0.25) is 0 Å². The lowest BCUT2D eigenvalue weighted by Crippen LogP contribution is -2.23. The number of benzene rings is 2. The van der Waals surface area contributed by atoms with Crippen LogP contribution in [0.25, 0.3) is 0 Å². The average molecular weight is 300 g/mol. The monoisotopic (exact) mass is 300 g/mol. The Morgan fingerprint density at radius 3 is 2.32 bits per heavy atom. The normalized spacial score (nSPS) is 10.8. The molecule has 0 aliphatic carbocycles. The van der Waals surface area contributed by atoms with Crippen LogP contribution in [0.15, 0.2) is 42.5 Å². The van der Waals surface area contributed by atoms with E-state index in [-0.39, 0.29) is 11.7 Å². The maximum atomic E-state index is 13.5. The predicted molar refractivity (Wildman–Crippen MR) is 86.1 cm³/mol. The molecule has 0 saturated carbocycles. The van der Waals surface area contributed by atoms with Gasteiger partial charge in [-0.05, 0) is 49.8 Å². The van der Waals surface area contributed by atoms with Gasteiger partial charge in [0.25, 0.3) is 5.91 Å². The Balaban J connectivity index is 1.94. The number of nitrogens with one attached hydrogen (secondary N) is 1. The van der Waals surface area contributed by atoms with Gasteiger partial charge in [-0.2, -0.15) is 0 Å². The summed E-state index contributed by atoms with van der Waals surface area (Å²) in [7, 11) is 4.05. The van der Waals surface area contributed by atoms with E-state index >= 15 is 0 Å². The smallest absolute Gasteiger partial charge is 0.251 e. The summed E-state index contributed by atoms with van der Waals surface area (Å²) in [5, 5.41) is 2.81. The SMILES string of the molecule is Cc1ccc(C(=O)NCc2ccc(CN(C)C)cc2)cc1F. The number of carbonyl (C=O) groups is 1. The Morgan fingerprint density at radius 1 is 1.09 bits per heavy atom. The van der Waals surface area contributed by atoms with Crippen molar-refractivity contribution in [3.05, 3.63) is 70.5 Å². The molecule has 0 fully saturated rings. The molecule has 0 saturated heterocycles. The fourth-order valence-electron chi connectivity index (χ4n) is 2.15. The maximum Gasteiger partial charge on any atom is 0.251 e. The number of rotatable bonds is 5. The van der Waals surface area contributed by atoms with Crippen LogP contribution in [0.4, 0.5) is 4.39 Å². The summed E-state index contributed by atoms with van der Waals surface area (Å²) in [4.78, 5) is 14.1. The highest BCUT2D eigenvalue weighted by Crippen LogP contribution is 2.10. The second-order valence-corrected chi connectivity index (χ2v) is 5.70. The molecule has 2 aromatic rings. The van der Waals surface area contributed by atoms with Gasteiger partial charge in [0.15, 0.2) is 0 Å². The third-order valence-corrected chi connectivity index (χ3v) is 3.41. The first-order chi connectivity index (χ1) is 10.5. The van der Waals surface area contributed by atoms with E-state index < -0.39 is 0 Å². The molecule has 1 N–H and O–H groups in total. The first kappa shape index (κ1) is 16.2. The van der Waals surface area contributed by atoms with Gasteiger partial charge in [0.2, 0.25) is 0 Å². The van der Waals surface area contributed by atoms with Crippen LogP contribution >= 0.6 is 0 Å². The molecule has 4 heteroatoms. The number of nitrogens with zero attached hydrogens (tertiary/aromatic N) is 1. The summed E-state index contributed by atoms with van der Waals surface area (Å²) in [5.74, 6) is -0.628. The summed E-state index contributed by atoms with van der Waals surface area (Å²) in [6.07, 6.45) is 0. The van der Waals surface area contributed by atoms with Gasteiger partial charge in [0.1, 0.15) is 5.82 Å². The van der Waals surface area contributed by atoms with Crippen LogP contribution in [0, 0.1) is 12.7 Å². The largest absolute Gasteiger partial charge is 0.348 e. The Hall–Kier alpha value is -2.20. The maximum absolute atomic E-state index is 13.5. The number of amides is 1. The zero-order valence-corrected chi connectivity index (χ0v) is 13.2. The molecule has 0 aromatic heterocycles. The number of carbonyl (C=O) groups excluding carboxylic acids is 1. The Kier molecular flexibility index (Phi) is 5.28. The van der Waals surface area contributed by atoms with Crippen molar-refractivity contribution >= 4 is 5.91 Å². The van der Waals surface area contributed by atoms with E-state index in [1.807, 2.05) is 38.4 Å². The Morgan fingerprint density at radius 2 is 1.73 bits per heavy atom. The summed E-state index contributed by atoms with van der Waals surface area (Å²) in [5.41, 5.74) is 3.12. The topological polar surface area (TPSA) is 32.3 Å². The molecule has 0 aliphatic heterocycles. The lowest BCUT2D eigenvalue weighted by atomic mass is 10.1. The molecule has 0 unspecified atom stereocenters. The van der Waals surface area contributed by atoms with Gasteiger partial charge in [-0.15, -0.1) is 0 Å². The van der Waals surface area contributed by atoms with Crippen LogP contribution in [-0.4, -0.2) is 24.9 Å². The Labute approximate surface area is 130 Å². The lowest BCUT2D eigenvalue weighted by Gasteiger charge is -2.10. The van der Waals surface area contributed by atoms with E-state index in [2.05, 4.69) is 10.2 Å². The van der Waals surface area contributed by atoms with E-state index in [1.54, 1.807) is 19.1 Å². The zero-order chi connectivity index (χ0) is 16.1. The van der Waals surface area contributed by atoms with Gasteiger partial charge >= 0.3 is 0 Å². The summed E-state index contributed by atoms with van der Waals surface area (Å²) < 4.78 is 13.5. The van der Waals surface area contributed by atoms with Crippen LogP contribution in [-0.2, 0) is 13.1 Å². The quantitative estimate of drug-likeness (QED) is 0.920. The van der Waals surface area contributed by atoms with E-state index in [0.717, 1.165) is 12.1 Å². The Bertz CT molecular complexity index is 651. The minimum Gasteiger partial charge on any atom is -0.348 e. The van der Waals surface area contributed by atoms with Gasteiger partial charge < -0.3 is 10.2 Å². The van der Waals surface area contributed by atoms with Gasteiger partial charge in [-0.3, -0.25) is 4.79 Å². The second kappa shape index (κ2) is 7.18. The summed E-state index contributed by atoms with van der Waals surface area (Å²) >= 11 is 0. The molecule has 0 atom stereocenters. The highest BCUT2D eigenvalue weighted by molar-refractivity contribution is 5.94. The van der Waals surface area contributed by atoms with Crippen molar-refractivity contribution in [1.82, 2.24) is 10.2 Å². The second-order valence-electron chi connectivity index (χ2n) is 5.70. The molecule has 22 heavy (non-hydrogen) atoms. The van der Waals surface area contributed by atoms with Crippen molar-refractivity contribution in [3.8, 4) is 0 Å². The highest BCUT2D eigenvalue weighted by Gasteiger charge is 2.07. The fraction of sp³-hybridized carbons (Fsp3) is 0.278. The van der Waals surface area contributed by atoms with Crippen molar-refractivity contribution in [2.75, 3.05) is 14.1 Å². The van der Waals surface area contributed by atoms with Crippen LogP contribution in [0.1, 0.15) is 27.0 Å². The number of hydrogen-bond donors (Lipinski definition) is 1. The van der Waals surface area contributed by atoms with Gasteiger partial charge in [-0.1, -0.05) is 30.3 Å². The standard InChI is InChI=1S/C18H21FN2O/c1-13-4-9-16(10-17(13)19)18(22)20-11-14-5-7-15(8-6-14)12-21(2)3/h4-10H,11-12H2,1-3H3,(H,20,22). The van der Waals surface area contributed by atoms with Gasteiger partial charge in [0.05, 0.1) is 0 Å². The van der Waals surface area contributed by atoms with Crippen LogP contribution < -0.4 is 5.32 Å². The van der Waals surface area contributed by atoms with Crippen molar-refractivity contribution in [3.63, 3.8) is 0 Å². The molecular formula is C18H21FN2O. The number of aryl methyl sites for hydroxylation is 1. The van der Waals surface area contributed by atoms with Gasteiger partial charge in [-0.25, -0.2) is 4.39 Å². The van der Waals surface area contributed by atoms with Crippen LogP contribution in [0.3, 0.4) is 0 Å². The van der Waals surface area contributed by atoms with Crippen molar-refractivity contribution in [2.24, 2.45) is 0 Å². The predicted octanol–water partition coefficient (Wildman–Crippen LogP) is 3.13.